The molecule has 0 atom stereocenters. The van der Waals surface area contributed by atoms with E-state index in [2.05, 4.69) is 0 Å². The highest BCUT2D eigenvalue weighted by Crippen LogP contribution is 2.42. The van der Waals surface area contributed by atoms with Gasteiger partial charge in [0.2, 0.25) is 5.78 Å². The van der Waals surface area contributed by atoms with E-state index in [1.807, 2.05) is 30.3 Å². The molecule has 1 heterocycles. The van der Waals surface area contributed by atoms with E-state index in [9.17, 15) is 4.79 Å². The maximum atomic E-state index is 12.4. The van der Waals surface area contributed by atoms with Crippen LogP contribution in [0.1, 0.15) is 15.9 Å². The zero-order valence-corrected chi connectivity index (χ0v) is 13.6. The number of rotatable bonds is 3. The Labute approximate surface area is 137 Å². The summed E-state index contributed by atoms with van der Waals surface area (Å²) >= 11 is 7.66. The molecule has 2 aromatic rings. The average Bonchev–Trinajstić information content (AvgIpc) is 2.83. The second-order valence-corrected chi connectivity index (χ2v) is 6.17. The monoisotopic (exact) mass is 332 g/mol. The van der Waals surface area contributed by atoms with Gasteiger partial charge < -0.3 is 9.47 Å². The van der Waals surface area contributed by atoms with E-state index in [-0.39, 0.29) is 5.78 Å². The number of carbonyl (C=O) groups excluding carboxylic acids is 1. The number of hydrogen-bond donors (Lipinski definition) is 0. The van der Waals surface area contributed by atoms with Crippen molar-refractivity contribution in [3.63, 3.8) is 0 Å². The van der Waals surface area contributed by atoms with Crippen molar-refractivity contribution in [1.29, 1.82) is 0 Å². The highest BCUT2D eigenvalue weighted by Gasteiger charge is 2.25. The van der Waals surface area contributed by atoms with Crippen LogP contribution >= 0.6 is 23.4 Å². The van der Waals surface area contributed by atoms with Gasteiger partial charge in [-0.05, 0) is 35.9 Å². The first-order valence-electron chi connectivity index (χ1n) is 6.59. The topological polar surface area (TPSA) is 35.5 Å². The Morgan fingerprint density at radius 3 is 2.59 bits per heavy atom. The molecule has 1 aliphatic heterocycles. The van der Waals surface area contributed by atoms with Crippen molar-refractivity contribution in [1.82, 2.24) is 0 Å². The van der Waals surface area contributed by atoms with Crippen LogP contribution < -0.4 is 9.47 Å². The van der Waals surface area contributed by atoms with Crippen molar-refractivity contribution in [3.05, 3.63) is 57.5 Å². The SMILES string of the molecule is COc1cc(/C=C2/Sc3ccccc3C2=O)cc(Cl)c1OC. The zero-order valence-electron chi connectivity index (χ0n) is 12.1. The van der Waals surface area contributed by atoms with Crippen molar-refractivity contribution in [2.75, 3.05) is 14.2 Å². The van der Waals surface area contributed by atoms with E-state index in [0.717, 1.165) is 16.0 Å². The summed E-state index contributed by atoms with van der Waals surface area (Å²) in [5.74, 6) is 1.06. The van der Waals surface area contributed by atoms with Crippen molar-refractivity contribution in [3.8, 4) is 11.5 Å². The minimum Gasteiger partial charge on any atom is -0.493 e. The molecule has 0 N–H and O–H groups in total. The summed E-state index contributed by atoms with van der Waals surface area (Å²) in [5.41, 5.74) is 1.54. The predicted octanol–water partition coefficient (Wildman–Crippen LogP) is 4.69. The third kappa shape index (κ3) is 2.60. The smallest absolute Gasteiger partial charge is 0.200 e. The Balaban J connectivity index is 2.01. The van der Waals surface area contributed by atoms with Crippen LogP contribution in [0.5, 0.6) is 11.5 Å². The number of benzene rings is 2. The van der Waals surface area contributed by atoms with E-state index >= 15 is 0 Å². The van der Waals surface area contributed by atoms with Gasteiger partial charge in [-0.25, -0.2) is 0 Å². The van der Waals surface area contributed by atoms with Gasteiger partial charge in [-0.15, -0.1) is 0 Å². The number of hydrogen-bond acceptors (Lipinski definition) is 4. The molecule has 0 saturated carbocycles. The number of allylic oxidation sites excluding steroid dienone is 1. The van der Waals surface area contributed by atoms with Gasteiger partial charge in [-0.2, -0.15) is 0 Å². The number of methoxy groups -OCH3 is 2. The number of thioether (sulfide) groups is 1. The molecular weight excluding hydrogens is 320 g/mol. The quantitative estimate of drug-likeness (QED) is 0.764. The minimum atomic E-state index is 0.0338. The summed E-state index contributed by atoms with van der Waals surface area (Å²) in [6, 6.07) is 11.1. The number of ketones is 1. The second-order valence-electron chi connectivity index (χ2n) is 4.67. The molecule has 0 aromatic heterocycles. The lowest BCUT2D eigenvalue weighted by atomic mass is 10.1. The molecule has 0 aliphatic carbocycles. The van der Waals surface area contributed by atoms with Crippen molar-refractivity contribution >= 4 is 35.2 Å². The van der Waals surface area contributed by atoms with Crippen LogP contribution in [0.25, 0.3) is 6.08 Å². The lowest BCUT2D eigenvalue weighted by Crippen LogP contribution is -1.95. The fraction of sp³-hybridized carbons (Fsp3) is 0.118. The van der Waals surface area contributed by atoms with Crippen LogP contribution in [0.4, 0.5) is 0 Å². The average molecular weight is 333 g/mol. The Hall–Kier alpha value is -1.91. The van der Waals surface area contributed by atoms with Crippen LogP contribution in [0, 0.1) is 0 Å². The van der Waals surface area contributed by atoms with Gasteiger partial charge >= 0.3 is 0 Å². The van der Waals surface area contributed by atoms with E-state index in [4.69, 9.17) is 21.1 Å². The van der Waals surface area contributed by atoms with Crippen molar-refractivity contribution in [2.45, 2.75) is 4.90 Å². The van der Waals surface area contributed by atoms with Gasteiger partial charge in [0.25, 0.3) is 0 Å². The second kappa shape index (κ2) is 6.07. The minimum absolute atomic E-state index is 0.0338. The molecule has 0 amide bonds. The first-order valence-corrected chi connectivity index (χ1v) is 7.78. The number of Topliss-reactive ketones (excluding diaryl/α,β-unsaturated/α-hetero) is 1. The van der Waals surface area contributed by atoms with Gasteiger partial charge in [0.15, 0.2) is 11.5 Å². The van der Waals surface area contributed by atoms with Gasteiger partial charge in [-0.1, -0.05) is 35.5 Å². The summed E-state index contributed by atoms with van der Waals surface area (Å²) in [7, 11) is 3.09. The molecule has 5 heteroatoms. The van der Waals surface area contributed by atoms with Crippen LogP contribution in [0.2, 0.25) is 5.02 Å². The fourth-order valence-corrected chi connectivity index (χ4v) is 3.66. The van der Waals surface area contributed by atoms with Crippen LogP contribution in [-0.4, -0.2) is 20.0 Å². The van der Waals surface area contributed by atoms with Crippen LogP contribution in [0.15, 0.2) is 46.2 Å². The highest BCUT2D eigenvalue weighted by molar-refractivity contribution is 8.04. The Morgan fingerprint density at radius 1 is 1.14 bits per heavy atom. The summed E-state index contributed by atoms with van der Waals surface area (Å²) in [6.45, 7) is 0. The lowest BCUT2D eigenvalue weighted by Gasteiger charge is -2.10. The number of ether oxygens (including phenoxy) is 2. The molecule has 3 rings (SSSR count). The standard InChI is InChI=1S/C17H13ClO3S/c1-20-13-8-10(7-12(18)17(13)21-2)9-15-16(19)11-5-3-4-6-14(11)22-15/h3-9H,1-2H3/b15-9+. The largest absolute Gasteiger partial charge is 0.493 e. The Kier molecular flexibility index (Phi) is 4.14. The molecule has 0 unspecified atom stereocenters. The van der Waals surface area contributed by atoms with Gasteiger partial charge in [0.05, 0.1) is 24.1 Å². The Morgan fingerprint density at radius 2 is 1.91 bits per heavy atom. The molecule has 1 aliphatic rings. The molecule has 3 nitrogen and oxygen atoms in total. The zero-order chi connectivity index (χ0) is 15.7. The first kappa shape index (κ1) is 15.0. The molecular formula is C17H13ClO3S. The normalized spacial score (nSPS) is 15.0. The molecule has 112 valence electrons. The molecule has 0 spiro atoms. The third-order valence-corrected chi connectivity index (χ3v) is 4.71. The molecule has 0 radical (unpaired) electrons. The van der Waals surface area contributed by atoms with Gasteiger partial charge in [0, 0.05) is 10.5 Å². The summed E-state index contributed by atoms with van der Waals surface area (Å²) in [5, 5.41) is 0.446. The number of fused-ring (bicyclic) bond motifs is 1. The summed E-state index contributed by atoms with van der Waals surface area (Å²) in [4.78, 5) is 14.0. The van der Waals surface area contributed by atoms with E-state index in [1.54, 1.807) is 19.2 Å². The lowest BCUT2D eigenvalue weighted by molar-refractivity contribution is 0.104. The molecule has 0 fully saturated rings. The van der Waals surface area contributed by atoms with Crippen molar-refractivity contribution in [2.24, 2.45) is 0 Å². The Bertz CT molecular complexity index is 783. The molecule has 0 bridgehead atoms. The van der Waals surface area contributed by atoms with Crippen molar-refractivity contribution < 1.29 is 14.3 Å². The van der Waals surface area contributed by atoms with E-state index in [1.165, 1.54) is 18.9 Å². The van der Waals surface area contributed by atoms with E-state index in [0.29, 0.717) is 21.4 Å². The van der Waals surface area contributed by atoms with E-state index < -0.39 is 0 Å². The molecule has 0 saturated heterocycles. The number of halogens is 1. The third-order valence-electron chi connectivity index (χ3n) is 3.33. The van der Waals surface area contributed by atoms with Crippen LogP contribution in [0.3, 0.4) is 0 Å². The van der Waals surface area contributed by atoms with Gasteiger partial charge in [0.1, 0.15) is 0 Å². The summed E-state index contributed by atoms with van der Waals surface area (Å²) in [6.07, 6.45) is 1.82. The maximum absolute atomic E-state index is 12.4. The molecule has 22 heavy (non-hydrogen) atoms. The van der Waals surface area contributed by atoms with Crippen LogP contribution in [-0.2, 0) is 0 Å². The first-order chi connectivity index (χ1) is 10.6. The van der Waals surface area contributed by atoms with Gasteiger partial charge in [-0.3, -0.25) is 4.79 Å². The summed E-state index contributed by atoms with van der Waals surface area (Å²) < 4.78 is 10.5. The number of carbonyl (C=O) groups is 1. The maximum Gasteiger partial charge on any atom is 0.200 e. The highest BCUT2D eigenvalue weighted by atomic mass is 35.5. The fourth-order valence-electron chi connectivity index (χ4n) is 2.31. The predicted molar refractivity (Wildman–Crippen MR) is 89.2 cm³/mol. The molecule has 2 aromatic carbocycles.